The van der Waals surface area contributed by atoms with Crippen molar-refractivity contribution in [3.63, 3.8) is 0 Å². The molecule has 1 fully saturated rings. The third kappa shape index (κ3) is 3.57. The first-order valence-corrected chi connectivity index (χ1v) is 9.96. The van der Waals surface area contributed by atoms with E-state index in [9.17, 15) is 13.2 Å². The number of benzene rings is 1. The van der Waals surface area contributed by atoms with Crippen LogP contribution in [-0.2, 0) is 10.2 Å². The molecule has 11 heteroatoms. The number of nitriles is 1. The molecule has 1 aliphatic rings. The van der Waals surface area contributed by atoms with Crippen molar-refractivity contribution in [2.24, 2.45) is 0 Å². The van der Waals surface area contributed by atoms with Crippen LogP contribution in [0.15, 0.2) is 30.5 Å². The Morgan fingerprint density at radius 2 is 1.79 bits per heavy atom. The average Bonchev–Trinajstić information content (AvgIpc) is 3.08. The summed E-state index contributed by atoms with van der Waals surface area (Å²) in [5.41, 5.74) is 7.28. The number of aromatic nitrogens is 2. The van der Waals surface area contributed by atoms with Gasteiger partial charge in [-0.05, 0) is 24.3 Å². The highest BCUT2D eigenvalue weighted by molar-refractivity contribution is 7.86. The lowest BCUT2D eigenvalue weighted by Crippen LogP contribution is -2.53. The average molecular weight is 403 g/mol. The number of nitrogen functional groups attached to an aromatic ring is 1. The van der Waals surface area contributed by atoms with Gasteiger partial charge in [0.1, 0.15) is 17.5 Å². The molecule has 10 nitrogen and oxygen atoms in total. The number of carbonyl (C=O) groups excluding carboxylic acids is 1. The lowest BCUT2D eigenvalue weighted by molar-refractivity contribution is 0.0695. The van der Waals surface area contributed by atoms with Gasteiger partial charge in [-0.15, -0.1) is 0 Å². The normalized spacial score (nSPS) is 15.6. The summed E-state index contributed by atoms with van der Waals surface area (Å²) in [7, 11) is -0.497. The zero-order valence-corrected chi connectivity index (χ0v) is 16.4. The summed E-state index contributed by atoms with van der Waals surface area (Å²) < 4.78 is 28.3. The lowest BCUT2D eigenvalue weighted by Gasteiger charge is -2.35. The fourth-order valence-electron chi connectivity index (χ4n) is 2.93. The summed E-state index contributed by atoms with van der Waals surface area (Å²) in [6.45, 7) is 1.16. The Hall–Kier alpha value is -2.94. The van der Waals surface area contributed by atoms with Crippen molar-refractivity contribution in [2.45, 2.75) is 0 Å². The summed E-state index contributed by atoms with van der Waals surface area (Å²) in [6, 6.07) is 8.68. The lowest BCUT2D eigenvalue weighted by atomic mass is 10.1. The molecule has 148 valence electrons. The molecule has 1 amide bonds. The van der Waals surface area contributed by atoms with Gasteiger partial charge in [0.25, 0.3) is 16.1 Å². The van der Waals surface area contributed by atoms with Gasteiger partial charge < -0.3 is 10.6 Å². The molecular formula is C17H21N7O3S. The van der Waals surface area contributed by atoms with E-state index in [1.807, 2.05) is 6.07 Å². The molecule has 1 aliphatic heterocycles. The van der Waals surface area contributed by atoms with Crippen molar-refractivity contribution >= 4 is 21.9 Å². The van der Waals surface area contributed by atoms with Crippen LogP contribution in [0.1, 0.15) is 15.9 Å². The van der Waals surface area contributed by atoms with E-state index >= 15 is 0 Å². The van der Waals surface area contributed by atoms with E-state index in [0.29, 0.717) is 24.3 Å². The van der Waals surface area contributed by atoms with Crippen molar-refractivity contribution in [2.75, 3.05) is 46.0 Å². The van der Waals surface area contributed by atoms with Gasteiger partial charge in [0, 0.05) is 45.8 Å². The zero-order chi connectivity index (χ0) is 20.5. The first-order chi connectivity index (χ1) is 13.3. The Bertz CT molecular complexity index is 1010. The SMILES string of the molecule is CN(C)S(=O)(=O)N1CCN(C(=O)c2ccc(-n3ncc(C#N)c3N)cc2)CC1. The monoisotopic (exact) mass is 403 g/mol. The van der Waals surface area contributed by atoms with Gasteiger partial charge in [-0.3, -0.25) is 4.79 Å². The van der Waals surface area contributed by atoms with Gasteiger partial charge in [-0.1, -0.05) is 0 Å². The van der Waals surface area contributed by atoms with E-state index < -0.39 is 10.2 Å². The zero-order valence-electron chi connectivity index (χ0n) is 15.6. The maximum absolute atomic E-state index is 12.7. The number of nitrogens with two attached hydrogens (primary N) is 1. The van der Waals surface area contributed by atoms with Gasteiger partial charge in [0.2, 0.25) is 0 Å². The maximum Gasteiger partial charge on any atom is 0.281 e. The highest BCUT2D eigenvalue weighted by atomic mass is 32.2. The molecular weight excluding hydrogens is 382 g/mol. The van der Waals surface area contributed by atoms with E-state index in [2.05, 4.69) is 5.10 Å². The molecule has 1 aromatic carbocycles. The Morgan fingerprint density at radius 3 is 2.29 bits per heavy atom. The number of hydrogen-bond donors (Lipinski definition) is 1. The third-order valence-electron chi connectivity index (χ3n) is 4.60. The van der Waals surface area contributed by atoms with Crippen molar-refractivity contribution in [3.8, 4) is 11.8 Å². The smallest absolute Gasteiger partial charge is 0.281 e. The van der Waals surface area contributed by atoms with Crippen molar-refractivity contribution in [3.05, 3.63) is 41.6 Å². The molecule has 0 bridgehead atoms. The molecule has 0 atom stereocenters. The first kappa shape index (κ1) is 19.8. The summed E-state index contributed by atoms with van der Waals surface area (Å²) in [6.07, 6.45) is 1.38. The number of rotatable bonds is 4. The predicted molar refractivity (Wildman–Crippen MR) is 103 cm³/mol. The highest BCUT2D eigenvalue weighted by Crippen LogP contribution is 2.18. The first-order valence-electron chi connectivity index (χ1n) is 8.56. The Balaban J connectivity index is 1.69. The van der Waals surface area contributed by atoms with Crippen LogP contribution in [0.4, 0.5) is 5.82 Å². The fraction of sp³-hybridized carbons (Fsp3) is 0.353. The largest absolute Gasteiger partial charge is 0.382 e. The van der Waals surface area contributed by atoms with Gasteiger partial charge in [0.15, 0.2) is 0 Å². The van der Waals surface area contributed by atoms with Gasteiger partial charge >= 0.3 is 0 Å². The number of carbonyl (C=O) groups is 1. The van der Waals surface area contributed by atoms with E-state index in [0.717, 1.165) is 0 Å². The van der Waals surface area contributed by atoms with Gasteiger partial charge in [-0.25, -0.2) is 4.68 Å². The predicted octanol–water partition coefficient (Wildman–Crippen LogP) is -0.110. The molecule has 1 saturated heterocycles. The minimum atomic E-state index is -3.47. The molecule has 0 saturated carbocycles. The fourth-order valence-corrected chi connectivity index (χ4v) is 4.02. The minimum Gasteiger partial charge on any atom is -0.382 e. The van der Waals surface area contributed by atoms with Crippen LogP contribution in [0, 0.1) is 11.3 Å². The quantitative estimate of drug-likeness (QED) is 0.758. The van der Waals surface area contributed by atoms with Crippen LogP contribution in [0.2, 0.25) is 0 Å². The second kappa shape index (κ2) is 7.59. The summed E-state index contributed by atoms with van der Waals surface area (Å²) >= 11 is 0. The van der Waals surface area contributed by atoms with Crippen LogP contribution >= 0.6 is 0 Å². The molecule has 3 rings (SSSR count). The second-order valence-electron chi connectivity index (χ2n) is 6.50. The number of nitrogens with zero attached hydrogens (tertiary/aromatic N) is 6. The summed E-state index contributed by atoms with van der Waals surface area (Å²) in [4.78, 5) is 14.3. The number of anilines is 1. The minimum absolute atomic E-state index is 0.167. The van der Waals surface area contributed by atoms with Crippen LogP contribution in [0.5, 0.6) is 0 Å². The highest BCUT2D eigenvalue weighted by Gasteiger charge is 2.30. The van der Waals surface area contributed by atoms with Gasteiger partial charge in [-0.2, -0.15) is 27.4 Å². The van der Waals surface area contributed by atoms with E-state index in [-0.39, 0.29) is 30.4 Å². The summed E-state index contributed by atoms with van der Waals surface area (Å²) in [5.74, 6) is 0.0689. The molecule has 0 aliphatic carbocycles. The number of piperazine rings is 1. The molecule has 0 spiro atoms. The van der Waals surface area contributed by atoms with E-state index in [1.165, 1.54) is 33.6 Å². The molecule has 2 heterocycles. The van der Waals surface area contributed by atoms with Crippen molar-refractivity contribution in [1.29, 1.82) is 5.26 Å². The number of amides is 1. The van der Waals surface area contributed by atoms with Crippen LogP contribution < -0.4 is 5.73 Å². The summed E-state index contributed by atoms with van der Waals surface area (Å²) in [5, 5.41) is 13.0. The number of hydrogen-bond acceptors (Lipinski definition) is 6. The van der Waals surface area contributed by atoms with Crippen LogP contribution in [0.3, 0.4) is 0 Å². The third-order valence-corrected chi connectivity index (χ3v) is 6.54. The van der Waals surface area contributed by atoms with Crippen molar-refractivity contribution in [1.82, 2.24) is 23.3 Å². The van der Waals surface area contributed by atoms with Crippen LogP contribution in [-0.4, -0.2) is 77.9 Å². The molecule has 0 unspecified atom stereocenters. The van der Waals surface area contributed by atoms with E-state index in [4.69, 9.17) is 11.0 Å². The Morgan fingerprint density at radius 1 is 1.18 bits per heavy atom. The topological polar surface area (TPSA) is 129 Å². The molecule has 28 heavy (non-hydrogen) atoms. The maximum atomic E-state index is 12.7. The van der Waals surface area contributed by atoms with Gasteiger partial charge in [0.05, 0.1) is 11.9 Å². The second-order valence-corrected chi connectivity index (χ2v) is 8.64. The van der Waals surface area contributed by atoms with Crippen molar-refractivity contribution < 1.29 is 13.2 Å². The molecule has 2 aromatic rings. The van der Waals surface area contributed by atoms with Crippen LogP contribution in [0.25, 0.3) is 5.69 Å². The standard InChI is InChI=1S/C17H21N7O3S/c1-21(2)28(26,27)23-9-7-22(8-10-23)17(25)13-3-5-15(6-4-13)24-16(19)14(11-18)12-20-24/h3-6,12H,7-10,19H2,1-2H3. The molecule has 1 aromatic heterocycles. The van der Waals surface area contributed by atoms with E-state index in [1.54, 1.807) is 29.2 Å². The Labute approximate surface area is 163 Å². The molecule has 2 N–H and O–H groups in total. The Kier molecular flexibility index (Phi) is 5.37. The molecule has 0 radical (unpaired) electrons.